The lowest BCUT2D eigenvalue weighted by atomic mass is 9.93. The Morgan fingerprint density at radius 2 is 2.16 bits per heavy atom. The number of nitrogens with one attached hydrogen (secondary N) is 1. The van der Waals surface area contributed by atoms with Gasteiger partial charge in [0, 0.05) is 12.0 Å². The highest BCUT2D eigenvalue weighted by atomic mass is 19.1. The Kier molecular flexibility index (Phi) is 3.69. The zero-order chi connectivity index (χ0) is 14.0. The van der Waals surface area contributed by atoms with Crippen LogP contribution in [0.1, 0.15) is 18.0 Å². The first-order valence-electron chi connectivity index (χ1n) is 5.77. The monoisotopic (exact) mass is 267 g/mol. The fraction of sp³-hybridized carbons (Fsp3) is 0.385. The highest BCUT2D eigenvalue weighted by molar-refractivity contribution is 5.88. The molecule has 1 amide bonds. The van der Waals surface area contributed by atoms with Crippen LogP contribution in [0.4, 0.5) is 4.39 Å². The van der Waals surface area contributed by atoms with Crippen molar-refractivity contribution >= 4 is 11.9 Å². The number of hydrogen-bond acceptors (Lipinski definition) is 4. The number of hydrogen-bond donors (Lipinski definition) is 1. The Balaban J connectivity index is 2.38. The molecule has 0 bridgehead atoms. The van der Waals surface area contributed by atoms with Crippen molar-refractivity contribution in [1.82, 2.24) is 5.32 Å². The van der Waals surface area contributed by atoms with E-state index in [0.29, 0.717) is 5.75 Å². The molecule has 1 aliphatic rings. The van der Waals surface area contributed by atoms with Crippen molar-refractivity contribution < 1.29 is 23.5 Å². The second-order valence-corrected chi connectivity index (χ2v) is 4.27. The molecule has 6 heteroatoms. The summed E-state index contributed by atoms with van der Waals surface area (Å²) in [6, 6.07) is 3.46. The summed E-state index contributed by atoms with van der Waals surface area (Å²) in [7, 11) is 2.70. The normalized spacial score (nSPS) is 21.9. The fourth-order valence-electron chi connectivity index (χ4n) is 2.20. The number of benzene rings is 1. The van der Waals surface area contributed by atoms with Gasteiger partial charge in [-0.05, 0) is 18.2 Å². The molecule has 1 aromatic rings. The van der Waals surface area contributed by atoms with Crippen LogP contribution in [0.2, 0.25) is 0 Å². The van der Waals surface area contributed by atoms with Crippen molar-refractivity contribution in [2.24, 2.45) is 5.92 Å². The topological polar surface area (TPSA) is 64.6 Å². The van der Waals surface area contributed by atoms with E-state index in [4.69, 9.17) is 4.74 Å². The molecule has 0 aliphatic carbocycles. The predicted molar refractivity (Wildman–Crippen MR) is 64.0 cm³/mol. The molecule has 0 saturated carbocycles. The molecule has 102 valence electrons. The van der Waals surface area contributed by atoms with Gasteiger partial charge in [-0.25, -0.2) is 4.39 Å². The van der Waals surface area contributed by atoms with Gasteiger partial charge in [-0.1, -0.05) is 0 Å². The van der Waals surface area contributed by atoms with Gasteiger partial charge in [0.1, 0.15) is 11.6 Å². The minimum Gasteiger partial charge on any atom is -0.497 e. The number of carbonyl (C=O) groups excluding carboxylic acids is 2. The number of esters is 1. The van der Waals surface area contributed by atoms with Crippen LogP contribution in [0.5, 0.6) is 5.75 Å². The van der Waals surface area contributed by atoms with Gasteiger partial charge < -0.3 is 14.8 Å². The Bertz CT molecular complexity index is 517. The number of rotatable bonds is 3. The molecular formula is C13H14FNO4. The Labute approximate surface area is 109 Å². The van der Waals surface area contributed by atoms with Crippen LogP contribution in [0.3, 0.4) is 0 Å². The summed E-state index contributed by atoms with van der Waals surface area (Å²) < 4.78 is 23.5. The van der Waals surface area contributed by atoms with Crippen molar-refractivity contribution in [3.63, 3.8) is 0 Å². The largest absolute Gasteiger partial charge is 0.497 e. The maximum Gasteiger partial charge on any atom is 0.311 e. The average Bonchev–Trinajstić information content (AvgIpc) is 2.80. The van der Waals surface area contributed by atoms with Crippen molar-refractivity contribution in [2.75, 3.05) is 14.2 Å². The molecule has 2 rings (SSSR count). The first-order valence-corrected chi connectivity index (χ1v) is 5.77. The number of ether oxygens (including phenoxy) is 2. The van der Waals surface area contributed by atoms with E-state index < -0.39 is 23.7 Å². The van der Waals surface area contributed by atoms with Crippen molar-refractivity contribution in [2.45, 2.75) is 12.5 Å². The molecule has 1 aliphatic heterocycles. The summed E-state index contributed by atoms with van der Waals surface area (Å²) >= 11 is 0. The predicted octanol–water partition coefficient (Wildman–Crippen LogP) is 1.18. The molecule has 1 fully saturated rings. The highest BCUT2D eigenvalue weighted by Gasteiger charge is 2.40. The van der Waals surface area contributed by atoms with E-state index in [2.05, 4.69) is 10.1 Å². The van der Waals surface area contributed by atoms with E-state index in [1.807, 2.05) is 0 Å². The van der Waals surface area contributed by atoms with Crippen LogP contribution in [0.25, 0.3) is 0 Å². The summed E-state index contributed by atoms with van der Waals surface area (Å²) in [5.41, 5.74) is 0.223. The van der Waals surface area contributed by atoms with Crippen LogP contribution < -0.4 is 10.1 Å². The van der Waals surface area contributed by atoms with Gasteiger partial charge in [-0.3, -0.25) is 9.59 Å². The third-order valence-electron chi connectivity index (χ3n) is 3.17. The maximum absolute atomic E-state index is 13.9. The zero-order valence-electron chi connectivity index (χ0n) is 10.6. The number of amides is 1. The zero-order valence-corrected chi connectivity index (χ0v) is 10.6. The fourth-order valence-corrected chi connectivity index (χ4v) is 2.20. The van der Waals surface area contributed by atoms with E-state index in [1.165, 1.54) is 32.4 Å². The minimum absolute atomic E-state index is 0.00596. The molecule has 2 atom stereocenters. The van der Waals surface area contributed by atoms with Gasteiger partial charge in [0.25, 0.3) is 0 Å². The molecule has 0 spiro atoms. The van der Waals surface area contributed by atoms with Gasteiger partial charge in [-0.2, -0.15) is 0 Å². The number of halogens is 1. The summed E-state index contributed by atoms with van der Waals surface area (Å²) in [5.74, 6) is -1.60. The summed E-state index contributed by atoms with van der Waals surface area (Å²) in [4.78, 5) is 23.1. The van der Waals surface area contributed by atoms with Gasteiger partial charge in [0.2, 0.25) is 5.91 Å². The van der Waals surface area contributed by atoms with Gasteiger partial charge in [-0.15, -0.1) is 0 Å². The molecule has 2 unspecified atom stereocenters. The van der Waals surface area contributed by atoms with Gasteiger partial charge in [0.15, 0.2) is 0 Å². The van der Waals surface area contributed by atoms with Crippen LogP contribution in [-0.4, -0.2) is 26.1 Å². The molecule has 0 radical (unpaired) electrons. The third-order valence-corrected chi connectivity index (χ3v) is 3.17. The van der Waals surface area contributed by atoms with E-state index in [9.17, 15) is 14.0 Å². The van der Waals surface area contributed by atoms with Crippen LogP contribution in [-0.2, 0) is 14.3 Å². The van der Waals surface area contributed by atoms with Crippen LogP contribution >= 0.6 is 0 Å². The maximum atomic E-state index is 13.9. The van der Waals surface area contributed by atoms with E-state index >= 15 is 0 Å². The van der Waals surface area contributed by atoms with E-state index in [-0.39, 0.29) is 17.9 Å². The third kappa shape index (κ3) is 2.52. The second kappa shape index (κ2) is 5.26. The summed E-state index contributed by atoms with van der Waals surface area (Å²) in [5, 5.41) is 2.59. The minimum atomic E-state index is -0.727. The molecule has 0 aromatic heterocycles. The Hall–Kier alpha value is -2.11. The standard InChI is InChI=1S/C13H14FNO4/c1-18-7-3-4-10(14)8(5-7)12-9(13(17)19-2)6-11(16)15-12/h3-5,9,12H,6H2,1-2H3,(H,15,16). The van der Waals surface area contributed by atoms with E-state index in [1.54, 1.807) is 0 Å². The van der Waals surface area contributed by atoms with Gasteiger partial charge in [0.05, 0.1) is 26.2 Å². The lowest BCUT2D eigenvalue weighted by Crippen LogP contribution is -2.26. The number of methoxy groups -OCH3 is 2. The van der Waals surface area contributed by atoms with Gasteiger partial charge >= 0.3 is 5.97 Å². The lowest BCUT2D eigenvalue weighted by molar-refractivity contribution is -0.146. The van der Waals surface area contributed by atoms with E-state index in [0.717, 1.165) is 0 Å². The molecule has 1 aromatic carbocycles. The smallest absolute Gasteiger partial charge is 0.311 e. The Morgan fingerprint density at radius 3 is 2.79 bits per heavy atom. The first-order chi connectivity index (χ1) is 9.06. The van der Waals surface area contributed by atoms with Crippen LogP contribution in [0.15, 0.2) is 18.2 Å². The summed E-state index contributed by atoms with van der Waals surface area (Å²) in [6.45, 7) is 0. The molecule has 1 N–H and O–H groups in total. The Morgan fingerprint density at radius 1 is 1.42 bits per heavy atom. The SMILES string of the molecule is COC(=O)C1CC(=O)NC1c1cc(OC)ccc1F. The average molecular weight is 267 g/mol. The first kappa shape index (κ1) is 13.3. The molecule has 1 heterocycles. The second-order valence-electron chi connectivity index (χ2n) is 4.27. The molecule has 1 saturated heterocycles. The van der Waals surface area contributed by atoms with Crippen LogP contribution in [0, 0.1) is 11.7 Å². The summed E-state index contributed by atoms with van der Waals surface area (Å²) in [6.07, 6.45) is -0.00596. The quantitative estimate of drug-likeness (QED) is 0.835. The van der Waals surface area contributed by atoms with Crippen molar-refractivity contribution in [3.05, 3.63) is 29.6 Å². The number of carbonyl (C=O) groups is 2. The van der Waals surface area contributed by atoms with Crippen molar-refractivity contribution in [3.8, 4) is 5.75 Å². The lowest BCUT2D eigenvalue weighted by Gasteiger charge is -2.18. The molecule has 5 nitrogen and oxygen atoms in total. The highest BCUT2D eigenvalue weighted by Crippen LogP contribution is 2.34. The molecular weight excluding hydrogens is 253 g/mol. The molecule has 19 heavy (non-hydrogen) atoms. The van der Waals surface area contributed by atoms with Crippen molar-refractivity contribution in [1.29, 1.82) is 0 Å².